The maximum absolute atomic E-state index is 9.12. The number of thioether (sulfide) groups is 1. The van der Waals surface area contributed by atoms with Gasteiger partial charge in [-0.1, -0.05) is 0 Å². The van der Waals surface area contributed by atoms with Gasteiger partial charge in [0, 0.05) is 11.9 Å². The summed E-state index contributed by atoms with van der Waals surface area (Å²) in [6.45, 7) is 0. The normalized spacial score (nSPS) is 10.5. The molecule has 1 heterocycles. The number of rotatable bonds is 3. The Morgan fingerprint density at radius 1 is 1.33 bits per heavy atom. The molecule has 1 aromatic heterocycles. The van der Waals surface area contributed by atoms with Gasteiger partial charge in [-0.05, 0) is 24.3 Å². The quantitative estimate of drug-likeness (QED) is 0.803. The lowest BCUT2D eigenvalue weighted by atomic mass is 10.3. The highest BCUT2D eigenvalue weighted by Crippen LogP contribution is 2.23. The van der Waals surface area contributed by atoms with Crippen molar-refractivity contribution >= 4 is 11.8 Å². The zero-order valence-corrected chi connectivity index (χ0v) is 9.11. The van der Waals surface area contributed by atoms with Crippen LogP contribution in [0, 0.1) is 0 Å². The van der Waals surface area contributed by atoms with Gasteiger partial charge in [-0.25, -0.2) is 4.98 Å². The van der Waals surface area contributed by atoms with Crippen molar-refractivity contribution < 1.29 is 5.11 Å². The second kappa shape index (κ2) is 4.35. The minimum atomic E-state index is 0.290. The largest absolute Gasteiger partial charge is 0.508 e. The van der Waals surface area contributed by atoms with Gasteiger partial charge in [0.2, 0.25) is 0 Å². The van der Waals surface area contributed by atoms with E-state index in [2.05, 4.69) is 10.1 Å². The molecule has 0 spiro atoms. The van der Waals surface area contributed by atoms with E-state index in [0.717, 1.165) is 16.5 Å². The first kappa shape index (κ1) is 10.0. The Hall–Kier alpha value is -1.49. The van der Waals surface area contributed by atoms with Gasteiger partial charge in [-0.15, -0.1) is 11.8 Å². The van der Waals surface area contributed by atoms with Crippen molar-refractivity contribution in [1.29, 1.82) is 0 Å². The van der Waals surface area contributed by atoms with Crippen LogP contribution in [0.15, 0.2) is 35.5 Å². The second-order valence-corrected chi connectivity index (χ2v) is 4.13. The summed E-state index contributed by atoms with van der Waals surface area (Å²) < 4.78 is 1.76. The molecule has 0 saturated carbocycles. The average molecular weight is 221 g/mol. The molecule has 0 saturated heterocycles. The summed E-state index contributed by atoms with van der Waals surface area (Å²) in [5.74, 6) is 2.01. The summed E-state index contributed by atoms with van der Waals surface area (Å²) in [5.41, 5.74) is 0. The van der Waals surface area contributed by atoms with E-state index in [4.69, 9.17) is 5.11 Å². The molecule has 0 fully saturated rings. The Labute approximate surface area is 92.0 Å². The van der Waals surface area contributed by atoms with E-state index >= 15 is 0 Å². The molecule has 0 aliphatic rings. The molecule has 0 radical (unpaired) electrons. The minimum absolute atomic E-state index is 0.290. The van der Waals surface area contributed by atoms with Gasteiger partial charge < -0.3 is 5.11 Å². The minimum Gasteiger partial charge on any atom is -0.508 e. The van der Waals surface area contributed by atoms with Gasteiger partial charge in [-0.2, -0.15) is 5.10 Å². The summed E-state index contributed by atoms with van der Waals surface area (Å²) in [6.07, 6.45) is 1.55. The molecule has 0 bridgehead atoms. The Bertz CT molecular complexity index is 438. The molecule has 4 nitrogen and oxygen atoms in total. The first-order valence-electron chi connectivity index (χ1n) is 4.50. The number of aromatic nitrogens is 3. The fraction of sp³-hybridized carbons (Fsp3) is 0.200. The molecule has 0 aliphatic carbocycles. The smallest absolute Gasteiger partial charge is 0.138 e. The first-order valence-corrected chi connectivity index (χ1v) is 5.49. The van der Waals surface area contributed by atoms with Crippen LogP contribution >= 0.6 is 11.8 Å². The lowest BCUT2D eigenvalue weighted by Gasteiger charge is -2.01. The summed E-state index contributed by atoms with van der Waals surface area (Å²) >= 11 is 1.67. The zero-order chi connectivity index (χ0) is 10.7. The molecule has 2 rings (SSSR count). The van der Waals surface area contributed by atoms with E-state index in [1.165, 1.54) is 0 Å². The number of aromatic hydroxyl groups is 1. The lowest BCUT2D eigenvalue weighted by Crippen LogP contribution is -1.97. The SMILES string of the molecule is Cn1ncnc1CSc1ccc(O)cc1. The molecule has 5 heteroatoms. The predicted octanol–water partition coefficient (Wildman–Crippen LogP) is 1.81. The topological polar surface area (TPSA) is 50.9 Å². The maximum atomic E-state index is 9.12. The molecular formula is C10H11N3OS. The van der Waals surface area contributed by atoms with Crippen molar-refractivity contribution in [1.82, 2.24) is 14.8 Å². The fourth-order valence-corrected chi connectivity index (χ4v) is 2.03. The van der Waals surface area contributed by atoms with Crippen LogP contribution in [0.1, 0.15) is 5.82 Å². The van der Waals surface area contributed by atoms with Crippen LogP contribution in [0.25, 0.3) is 0 Å². The molecular weight excluding hydrogens is 210 g/mol. The molecule has 0 unspecified atom stereocenters. The van der Waals surface area contributed by atoms with Crippen molar-refractivity contribution in [2.45, 2.75) is 10.6 Å². The van der Waals surface area contributed by atoms with Crippen LogP contribution in [0.5, 0.6) is 5.75 Å². The molecule has 0 aliphatic heterocycles. The number of phenolic OH excluding ortho intramolecular Hbond substituents is 1. The monoisotopic (exact) mass is 221 g/mol. The highest BCUT2D eigenvalue weighted by atomic mass is 32.2. The molecule has 0 atom stereocenters. The van der Waals surface area contributed by atoms with E-state index < -0.39 is 0 Å². The average Bonchev–Trinajstić information content (AvgIpc) is 2.63. The highest BCUT2D eigenvalue weighted by molar-refractivity contribution is 7.98. The zero-order valence-electron chi connectivity index (χ0n) is 8.29. The standard InChI is InChI=1S/C10H11N3OS/c1-13-10(11-7-12-13)6-15-9-4-2-8(14)3-5-9/h2-5,7,14H,6H2,1H3. The van der Waals surface area contributed by atoms with Crippen molar-refractivity contribution in [3.8, 4) is 5.75 Å². The lowest BCUT2D eigenvalue weighted by molar-refractivity contribution is 0.475. The summed E-state index contributed by atoms with van der Waals surface area (Å²) in [4.78, 5) is 5.24. The van der Waals surface area contributed by atoms with Crippen LogP contribution < -0.4 is 0 Å². The van der Waals surface area contributed by atoms with Gasteiger partial charge in [-0.3, -0.25) is 4.68 Å². The third-order valence-electron chi connectivity index (χ3n) is 2.01. The Morgan fingerprint density at radius 2 is 2.07 bits per heavy atom. The number of aryl methyl sites for hydroxylation is 1. The van der Waals surface area contributed by atoms with Crippen LogP contribution in [0.4, 0.5) is 0 Å². The number of phenols is 1. The van der Waals surface area contributed by atoms with Crippen LogP contribution in [-0.2, 0) is 12.8 Å². The molecule has 78 valence electrons. The summed E-state index contributed by atoms with van der Waals surface area (Å²) in [6, 6.07) is 7.13. The fourth-order valence-electron chi connectivity index (χ4n) is 1.14. The van der Waals surface area contributed by atoms with Gasteiger partial charge >= 0.3 is 0 Å². The third-order valence-corrected chi connectivity index (χ3v) is 3.02. The molecule has 1 aromatic carbocycles. The summed E-state index contributed by atoms with van der Waals surface area (Å²) in [5, 5.41) is 13.1. The summed E-state index contributed by atoms with van der Waals surface area (Å²) in [7, 11) is 1.87. The van der Waals surface area contributed by atoms with Crippen LogP contribution in [0.3, 0.4) is 0 Å². The van der Waals surface area contributed by atoms with Crippen LogP contribution in [0.2, 0.25) is 0 Å². The first-order chi connectivity index (χ1) is 7.25. The third kappa shape index (κ3) is 2.50. The number of nitrogens with zero attached hydrogens (tertiary/aromatic N) is 3. The van der Waals surface area contributed by atoms with Gasteiger partial charge in [0.15, 0.2) is 0 Å². The van der Waals surface area contributed by atoms with Gasteiger partial charge in [0.05, 0.1) is 5.75 Å². The number of hydrogen-bond donors (Lipinski definition) is 1. The van der Waals surface area contributed by atoms with Crippen molar-refractivity contribution in [3.63, 3.8) is 0 Å². The van der Waals surface area contributed by atoms with E-state index in [-0.39, 0.29) is 5.75 Å². The Morgan fingerprint density at radius 3 is 2.67 bits per heavy atom. The number of hydrogen-bond acceptors (Lipinski definition) is 4. The predicted molar refractivity (Wildman–Crippen MR) is 58.7 cm³/mol. The Balaban J connectivity index is 1.99. The highest BCUT2D eigenvalue weighted by Gasteiger charge is 2.01. The maximum Gasteiger partial charge on any atom is 0.138 e. The van der Waals surface area contributed by atoms with Crippen molar-refractivity contribution in [2.24, 2.45) is 7.05 Å². The molecule has 2 aromatic rings. The molecule has 1 N–H and O–H groups in total. The molecule has 0 amide bonds. The Kier molecular flexibility index (Phi) is 2.91. The van der Waals surface area contributed by atoms with Crippen molar-refractivity contribution in [3.05, 3.63) is 36.4 Å². The molecule has 15 heavy (non-hydrogen) atoms. The van der Waals surface area contributed by atoms with E-state index in [9.17, 15) is 0 Å². The van der Waals surface area contributed by atoms with Gasteiger partial charge in [0.25, 0.3) is 0 Å². The van der Waals surface area contributed by atoms with E-state index in [0.29, 0.717) is 0 Å². The van der Waals surface area contributed by atoms with E-state index in [1.807, 2.05) is 19.2 Å². The number of benzene rings is 1. The van der Waals surface area contributed by atoms with E-state index in [1.54, 1.807) is 34.9 Å². The van der Waals surface area contributed by atoms with Gasteiger partial charge in [0.1, 0.15) is 17.9 Å². The van der Waals surface area contributed by atoms with Crippen molar-refractivity contribution in [2.75, 3.05) is 0 Å². The van der Waals surface area contributed by atoms with Crippen LogP contribution in [-0.4, -0.2) is 19.9 Å². The second-order valence-electron chi connectivity index (χ2n) is 3.08.